The molecule has 0 fully saturated rings. The Hall–Kier alpha value is -0.790. The van der Waals surface area contributed by atoms with Gasteiger partial charge in [0.25, 0.3) is 0 Å². The van der Waals surface area contributed by atoms with Gasteiger partial charge in [-0.05, 0) is 6.42 Å². The standard InChI is InChI=1S/C10H17NO/c1-5-6-8-9(10(2,3)4)11-7-12-8/h7H,5-6H2,1-4H3. The average molecular weight is 167 g/mol. The molecule has 0 saturated carbocycles. The van der Waals surface area contributed by atoms with E-state index in [1.165, 1.54) is 0 Å². The molecule has 1 heterocycles. The number of hydrogen-bond acceptors (Lipinski definition) is 2. The summed E-state index contributed by atoms with van der Waals surface area (Å²) in [7, 11) is 0. The van der Waals surface area contributed by atoms with Crippen LogP contribution in [-0.2, 0) is 11.8 Å². The maximum absolute atomic E-state index is 5.32. The summed E-state index contributed by atoms with van der Waals surface area (Å²) in [5.41, 5.74) is 1.21. The van der Waals surface area contributed by atoms with Crippen molar-refractivity contribution in [3.05, 3.63) is 17.8 Å². The molecule has 2 nitrogen and oxygen atoms in total. The van der Waals surface area contributed by atoms with Crippen molar-refractivity contribution >= 4 is 0 Å². The smallest absolute Gasteiger partial charge is 0.181 e. The van der Waals surface area contributed by atoms with Gasteiger partial charge in [-0.3, -0.25) is 0 Å². The lowest BCUT2D eigenvalue weighted by Gasteiger charge is -2.15. The lowest BCUT2D eigenvalue weighted by atomic mass is 9.90. The molecule has 1 aromatic rings. The number of oxazole rings is 1. The lowest BCUT2D eigenvalue weighted by Crippen LogP contribution is -2.13. The fraction of sp³-hybridized carbons (Fsp3) is 0.700. The second-order valence-corrected chi connectivity index (χ2v) is 4.12. The fourth-order valence-electron chi connectivity index (χ4n) is 1.29. The third kappa shape index (κ3) is 1.87. The van der Waals surface area contributed by atoms with E-state index < -0.39 is 0 Å². The highest BCUT2D eigenvalue weighted by Crippen LogP contribution is 2.24. The fourth-order valence-corrected chi connectivity index (χ4v) is 1.29. The monoisotopic (exact) mass is 167 g/mol. The van der Waals surface area contributed by atoms with Gasteiger partial charge in [0.1, 0.15) is 5.76 Å². The van der Waals surface area contributed by atoms with E-state index in [-0.39, 0.29) is 5.41 Å². The van der Waals surface area contributed by atoms with E-state index in [1.54, 1.807) is 6.39 Å². The molecule has 0 amide bonds. The van der Waals surface area contributed by atoms with E-state index in [9.17, 15) is 0 Å². The predicted molar refractivity (Wildman–Crippen MR) is 49.2 cm³/mol. The molecule has 0 aliphatic rings. The molecule has 1 rings (SSSR count). The maximum Gasteiger partial charge on any atom is 0.181 e. The Morgan fingerprint density at radius 3 is 2.58 bits per heavy atom. The molecule has 0 aliphatic heterocycles. The van der Waals surface area contributed by atoms with Crippen LogP contribution in [0.15, 0.2) is 10.8 Å². The van der Waals surface area contributed by atoms with Crippen LogP contribution in [0.3, 0.4) is 0 Å². The number of rotatable bonds is 2. The summed E-state index contributed by atoms with van der Waals surface area (Å²) in [6.07, 6.45) is 3.65. The molecule has 0 radical (unpaired) electrons. The van der Waals surface area contributed by atoms with Crippen LogP contribution in [-0.4, -0.2) is 4.98 Å². The van der Waals surface area contributed by atoms with Crippen LogP contribution in [0.5, 0.6) is 0 Å². The molecule has 12 heavy (non-hydrogen) atoms. The van der Waals surface area contributed by atoms with Crippen LogP contribution in [0.4, 0.5) is 0 Å². The Labute approximate surface area is 74.0 Å². The molecular formula is C10H17NO. The first-order chi connectivity index (χ1) is 5.55. The van der Waals surface area contributed by atoms with Gasteiger partial charge in [-0.1, -0.05) is 27.7 Å². The summed E-state index contributed by atoms with van der Waals surface area (Å²) in [4.78, 5) is 4.24. The minimum atomic E-state index is 0.109. The lowest BCUT2D eigenvalue weighted by molar-refractivity contribution is 0.481. The number of aryl methyl sites for hydroxylation is 1. The Morgan fingerprint density at radius 2 is 2.08 bits per heavy atom. The van der Waals surface area contributed by atoms with Gasteiger partial charge in [-0.25, -0.2) is 4.98 Å². The molecule has 0 spiro atoms. The van der Waals surface area contributed by atoms with Crippen LogP contribution >= 0.6 is 0 Å². The van der Waals surface area contributed by atoms with Gasteiger partial charge in [0, 0.05) is 11.8 Å². The van der Waals surface area contributed by atoms with Crippen molar-refractivity contribution in [1.29, 1.82) is 0 Å². The van der Waals surface area contributed by atoms with E-state index in [1.807, 2.05) is 0 Å². The molecular weight excluding hydrogens is 150 g/mol. The van der Waals surface area contributed by atoms with E-state index in [4.69, 9.17) is 4.42 Å². The predicted octanol–water partition coefficient (Wildman–Crippen LogP) is 2.92. The summed E-state index contributed by atoms with van der Waals surface area (Å²) >= 11 is 0. The summed E-state index contributed by atoms with van der Waals surface area (Å²) in [5, 5.41) is 0. The van der Waals surface area contributed by atoms with Crippen LogP contribution < -0.4 is 0 Å². The van der Waals surface area contributed by atoms with Crippen molar-refractivity contribution in [3.8, 4) is 0 Å². The molecule has 0 N–H and O–H groups in total. The molecule has 0 bridgehead atoms. The molecule has 68 valence electrons. The quantitative estimate of drug-likeness (QED) is 0.677. The summed E-state index contributed by atoms with van der Waals surface area (Å²) in [6, 6.07) is 0. The Bertz CT molecular complexity index is 245. The largest absolute Gasteiger partial charge is 0.448 e. The minimum absolute atomic E-state index is 0.109. The Balaban J connectivity index is 2.91. The second-order valence-electron chi connectivity index (χ2n) is 4.12. The van der Waals surface area contributed by atoms with Gasteiger partial charge in [-0.15, -0.1) is 0 Å². The zero-order valence-corrected chi connectivity index (χ0v) is 8.35. The van der Waals surface area contributed by atoms with Gasteiger partial charge in [0.2, 0.25) is 0 Å². The normalized spacial score (nSPS) is 12.0. The van der Waals surface area contributed by atoms with E-state index in [2.05, 4.69) is 32.7 Å². The summed E-state index contributed by atoms with van der Waals surface area (Å²) < 4.78 is 5.32. The first-order valence-corrected chi connectivity index (χ1v) is 4.48. The summed E-state index contributed by atoms with van der Waals surface area (Å²) in [6.45, 7) is 8.62. The number of aromatic nitrogens is 1. The molecule has 0 unspecified atom stereocenters. The van der Waals surface area contributed by atoms with Crippen molar-refractivity contribution in [2.75, 3.05) is 0 Å². The van der Waals surface area contributed by atoms with Crippen molar-refractivity contribution < 1.29 is 4.42 Å². The summed E-state index contributed by atoms with van der Waals surface area (Å²) in [5.74, 6) is 1.05. The Kier molecular flexibility index (Phi) is 2.55. The van der Waals surface area contributed by atoms with Crippen molar-refractivity contribution in [2.45, 2.75) is 46.0 Å². The highest BCUT2D eigenvalue weighted by molar-refractivity contribution is 5.16. The molecule has 0 atom stereocenters. The van der Waals surface area contributed by atoms with Crippen molar-refractivity contribution in [1.82, 2.24) is 4.98 Å². The van der Waals surface area contributed by atoms with E-state index in [0.29, 0.717) is 0 Å². The second kappa shape index (κ2) is 3.30. The average Bonchev–Trinajstić information content (AvgIpc) is 2.34. The first kappa shape index (κ1) is 9.30. The van der Waals surface area contributed by atoms with Crippen molar-refractivity contribution in [3.63, 3.8) is 0 Å². The van der Waals surface area contributed by atoms with Gasteiger partial charge in [0.15, 0.2) is 6.39 Å². The molecule has 0 saturated heterocycles. The molecule has 0 aromatic carbocycles. The SMILES string of the molecule is CCCc1ocnc1C(C)(C)C. The number of hydrogen-bond donors (Lipinski definition) is 0. The van der Waals surface area contributed by atoms with Crippen LogP contribution in [0.1, 0.15) is 45.6 Å². The van der Waals surface area contributed by atoms with Crippen LogP contribution in [0.25, 0.3) is 0 Å². The van der Waals surface area contributed by atoms with E-state index >= 15 is 0 Å². The third-order valence-corrected chi connectivity index (χ3v) is 1.83. The van der Waals surface area contributed by atoms with Crippen LogP contribution in [0, 0.1) is 0 Å². The Morgan fingerprint density at radius 1 is 1.42 bits per heavy atom. The van der Waals surface area contributed by atoms with Gasteiger partial charge < -0.3 is 4.42 Å². The highest BCUT2D eigenvalue weighted by atomic mass is 16.3. The zero-order valence-electron chi connectivity index (χ0n) is 8.35. The third-order valence-electron chi connectivity index (χ3n) is 1.83. The van der Waals surface area contributed by atoms with Crippen LogP contribution in [0.2, 0.25) is 0 Å². The molecule has 2 heteroatoms. The number of nitrogens with zero attached hydrogens (tertiary/aromatic N) is 1. The highest BCUT2D eigenvalue weighted by Gasteiger charge is 2.21. The van der Waals surface area contributed by atoms with Gasteiger partial charge in [-0.2, -0.15) is 0 Å². The molecule has 1 aromatic heterocycles. The van der Waals surface area contributed by atoms with Gasteiger partial charge in [0.05, 0.1) is 5.69 Å². The minimum Gasteiger partial charge on any atom is -0.448 e. The first-order valence-electron chi connectivity index (χ1n) is 4.48. The van der Waals surface area contributed by atoms with Crippen molar-refractivity contribution in [2.24, 2.45) is 0 Å². The topological polar surface area (TPSA) is 26.0 Å². The van der Waals surface area contributed by atoms with E-state index in [0.717, 1.165) is 24.3 Å². The zero-order chi connectivity index (χ0) is 9.19. The maximum atomic E-state index is 5.32. The molecule has 0 aliphatic carbocycles. The van der Waals surface area contributed by atoms with Gasteiger partial charge >= 0.3 is 0 Å².